The van der Waals surface area contributed by atoms with Gasteiger partial charge in [-0.25, -0.2) is 23.7 Å². The minimum atomic E-state index is -0.582. The number of thiazole rings is 1. The molecule has 4 aromatic rings. The maximum absolute atomic E-state index is 15.7. The molecular formula is C20H15ClF2N6S. The molecule has 30 heavy (non-hydrogen) atoms. The number of hydrogen-bond donors (Lipinski definition) is 2. The standard InChI is InChI=1S/C20H15ClF2N6S/c21-11-3-10-15(26-8-27-18(10)29-6-20(7-29)4-25-5-20)14(23)13(11)9-1-2-12(22)17-16(9)28-19(24)30-17/h1-3,8,25H,4-7H2,(H2,24,28). The van der Waals surface area contributed by atoms with Crippen molar-refractivity contribution in [2.45, 2.75) is 0 Å². The minimum Gasteiger partial charge on any atom is -0.375 e. The van der Waals surface area contributed by atoms with Gasteiger partial charge in [-0.3, -0.25) is 0 Å². The third kappa shape index (κ3) is 2.46. The zero-order chi connectivity index (χ0) is 20.6. The molecule has 1 spiro atoms. The molecule has 4 heterocycles. The Morgan fingerprint density at radius 1 is 1.17 bits per heavy atom. The lowest BCUT2D eigenvalue weighted by molar-refractivity contribution is 0.121. The molecule has 0 amide bonds. The highest BCUT2D eigenvalue weighted by atomic mass is 35.5. The van der Waals surface area contributed by atoms with Crippen LogP contribution >= 0.6 is 22.9 Å². The van der Waals surface area contributed by atoms with Crippen molar-refractivity contribution in [1.82, 2.24) is 20.3 Å². The third-order valence-corrected chi connectivity index (χ3v) is 7.12. The number of nitrogens with zero attached hydrogens (tertiary/aromatic N) is 4. The van der Waals surface area contributed by atoms with E-state index in [0.717, 1.165) is 37.5 Å². The van der Waals surface area contributed by atoms with Gasteiger partial charge in [-0.15, -0.1) is 0 Å². The fourth-order valence-electron chi connectivity index (χ4n) is 4.42. The van der Waals surface area contributed by atoms with Gasteiger partial charge in [0.05, 0.1) is 15.2 Å². The van der Waals surface area contributed by atoms with Crippen LogP contribution in [0.3, 0.4) is 0 Å². The van der Waals surface area contributed by atoms with Crippen molar-refractivity contribution in [1.29, 1.82) is 0 Å². The summed E-state index contributed by atoms with van der Waals surface area (Å²) in [6, 6.07) is 4.42. The summed E-state index contributed by atoms with van der Waals surface area (Å²) in [4.78, 5) is 14.9. The highest BCUT2D eigenvalue weighted by Gasteiger charge is 2.48. The molecule has 2 aromatic heterocycles. The number of halogens is 3. The summed E-state index contributed by atoms with van der Waals surface area (Å²) >= 11 is 7.56. The Labute approximate surface area is 178 Å². The van der Waals surface area contributed by atoms with E-state index in [2.05, 4.69) is 25.2 Å². The lowest BCUT2D eigenvalue weighted by Crippen LogP contribution is -2.71. The summed E-state index contributed by atoms with van der Waals surface area (Å²) in [5.41, 5.74) is 7.04. The van der Waals surface area contributed by atoms with Crippen molar-refractivity contribution in [3.63, 3.8) is 0 Å². The van der Waals surface area contributed by atoms with Crippen LogP contribution in [0.25, 0.3) is 32.2 Å². The predicted octanol–water partition coefficient (Wildman–Crippen LogP) is 3.83. The van der Waals surface area contributed by atoms with E-state index < -0.39 is 11.6 Å². The van der Waals surface area contributed by atoms with Crippen molar-refractivity contribution < 1.29 is 8.78 Å². The molecule has 2 saturated heterocycles. The van der Waals surface area contributed by atoms with E-state index in [9.17, 15) is 4.39 Å². The van der Waals surface area contributed by atoms with Gasteiger partial charge in [0.2, 0.25) is 0 Å². The molecule has 0 unspecified atom stereocenters. The molecule has 2 aliphatic rings. The number of aromatic nitrogens is 3. The number of benzene rings is 2. The summed E-state index contributed by atoms with van der Waals surface area (Å²) < 4.78 is 30.2. The zero-order valence-electron chi connectivity index (χ0n) is 15.5. The molecule has 0 atom stereocenters. The zero-order valence-corrected chi connectivity index (χ0v) is 17.1. The van der Waals surface area contributed by atoms with Gasteiger partial charge in [-0.05, 0) is 18.2 Å². The average Bonchev–Trinajstić information content (AvgIpc) is 3.04. The van der Waals surface area contributed by atoms with Gasteiger partial charge in [-0.2, -0.15) is 0 Å². The summed E-state index contributed by atoms with van der Waals surface area (Å²) in [5.74, 6) is -0.365. The second-order valence-corrected chi connectivity index (χ2v) is 9.36. The lowest BCUT2D eigenvalue weighted by atomic mass is 9.74. The number of rotatable bonds is 2. The Balaban J connectivity index is 1.53. The SMILES string of the molecule is Nc1nc2c(-c3c(Cl)cc4c(N5CC6(CNC6)C5)ncnc4c3F)ccc(F)c2s1. The second-order valence-electron chi connectivity index (χ2n) is 7.93. The van der Waals surface area contributed by atoms with Crippen molar-refractivity contribution in [3.05, 3.63) is 41.2 Å². The topological polar surface area (TPSA) is 80.0 Å². The van der Waals surface area contributed by atoms with Gasteiger partial charge in [0.25, 0.3) is 0 Å². The first-order valence-electron chi connectivity index (χ1n) is 9.39. The Morgan fingerprint density at radius 3 is 2.70 bits per heavy atom. The van der Waals surface area contributed by atoms with E-state index in [4.69, 9.17) is 17.3 Å². The van der Waals surface area contributed by atoms with Crippen LogP contribution < -0.4 is 16.0 Å². The molecule has 2 aromatic carbocycles. The van der Waals surface area contributed by atoms with Crippen LogP contribution in [0.4, 0.5) is 19.7 Å². The number of hydrogen-bond acceptors (Lipinski definition) is 7. The van der Waals surface area contributed by atoms with Crippen LogP contribution in [-0.2, 0) is 0 Å². The van der Waals surface area contributed by atoms with E-state index >= 15 is 4.39 Å². The first-order valence-corrected chi connectivity index (χ1v) is 10.6. The van der Waals surface area contributed by atoms with Crippen LogP contribution in [0.1, 0.15) is 0 Å². The van der Waals surface area contributed by atoms with Gasteiger partial charge < -0.3 is 16.0 Å². The maximum atomic E-state index is 15.7. The molecule has 0 bridgehead atoms. The van der Waals surface area contributed by atoms with Gasteiger partial charge in [0.1, 0.15) is 23.5 Å². The van der Waals surface area contributed by atoms with Crippen molar-refractivity contribution in [2.24, 2.45) is 5.41 Å². The first-order chi connectivity index (χ1) is 14.5. The van der Waals surface area contributed by atoms with Crippen molar-refractivity contribution in [2.75, 3.05) is 36.8 Å². The Kier molecular flexibility index (Phi) is 3.75. The van der Waals surface area contributed by atoms with Gasteiger partial charge in [0.15, 0.2) is 10.9 Å². The van der Waals surface area contributed by atoms with E-state index in [0.29, 0.717) is 22.2 Å². The van der Waals surface area contributed by atoms with Crippen LogP contribution in [-0.4, -0.2) is 41.1 Å². The Hall–Kier alpha value is -2.62. The normalized spacial score (nSPS) is 17.5. The smallest absolute Gasteiger partial charge is 0.181 e. The molecule has 0 aliphatic carbocycles. The lowest BCUT2D eigenvalue weighted by Gasteiger charge is -2.56. The van der Waals surface area contributed by atoms with Crippen LogP contribution in [0.5, 0.6) is 0 Å². The summed E-state index contributed by atoms with van der Waals surface area (Å²) in [6.45, 7) is 3.71. The quantitative estimate of drug-likeness (QED) is 0.489. The molecule has 6 rings (SSSR count). The van der Waals surface area contributed by atoms with E-state index in [1.165, 1.54) is 18.5 Å². The maximum Gasteiger partial charge on any atom is 0.181 e. The fourth-order valence-corrected chi connectivity index (χ4v) is 5.48. The van der Waals surface area contributed by atoms with E-state index in [1.807, 2.05) is 0 Å². The van der Waals surface area contributed by atoms with Crippen LogP contribution in [0.15, 0.2) is 24.5 Å². The molecular weight excluding hydrogens is 430 g/mol. The Bertz CT molecular complexity index is 1340. The van der Waals surface area contributed by atoms with Gasteiger partial charge >= 0.3 is 0 Å². The predicted molar refractivity (Wildman–Crippen MR) is 115 cm³/mol. The minimum absolute atomic E-state index is 0.132. The average molecular weight is 445 g/mol. The van der Waals surface area contributed by atoms with E-state index in [-0.39, 0.29) is 31.5 Å². The number of nitrogens with one attached hydrogen (secondary N) is 1. The fraction of sp³-hybridized carbons (Fsp3) is 0.250. The molecule has 0 radical (unpaired) electrons. The molecule has 3 N–H and O–H groups in total. The van der Waals surface area contributed by atoms with Crippen molar-refractivity contribution in [3.8, 4) is 11.1 Å². The number of nitrogen functional groups attached to an aromatic ring is 1. The molecule has 10 heteroatoms. The summed E-state index contributed by atoms with van der Waals surface area (Å²) in [5, 5.41) is 4.25. The highest BCUT2D eigenvalue weighted by molar-refractivity contribution is 7.22. The molecule has 2 aliphatic heterocycles. The van der Waals surface area contributed by atoms with Crippen LogP contribution in [0.2, 0.25) is 5.02 Å². The second kappa shape index (κ2) is 6.19. The van der Waals surface area contributed by atoms with Gasteiger partial charge in [0, 0.05) is 48.1 Å². The Morgan fingerprint density at radius 2 is 1.97 bits per heavy atom. The number of fused-ring (bicyclic) bond motifs is 2. The van der Waals surface area contributed by atoms with Gasteiger partial charge in [-0.1, -0.05) is 22.9 Å². The molecule has 6 nitrogen and oxygen atoms in total. The summed E-state index contributed by atoms with van der Waals surface area (Å²) in [7, 11) is 0. The number of nitrogens with two attached hydrogens (primary N) is 1. The highest BCUT2D eigenvalue weighted by Crippen LogP contribution is 2.44. The van der Waals surface area contributed by atoms with Crippen LogP contribution in [0, 0.1) is 17.0 Å². The molecule has 2 fully saturated rings. The van der Waals surface area contributed by atoms with E-state index in [1.54, 1.807) is 6.07 Å². The number of anilines is 2. The molecule has 0 saturated carbocycles. The largest absolute Gasteiger partial charge is 0.375 e. The third-order valence-electron chi connectivity index (χ3n) is 5.93. The molecule has 152 valence electrons. The van der Waals surface area contributed by atoms with Crippen molar-refractivity contribution >= 4 is 55.0 Å². The summed E-state index contributed by atoms with van der Waals surface area (Å²) in [6.07, 6.45) is 1.36. The first kappa shape index (κ1) is 18.2. The monoisotopic (exact) mass is 444 g/mol.